The summed E-state index contributed by atoms with van der Waals surface area (Å²) >= 11 is 0. The number of halogens is 3. The van der Waals surface area contributed by atoms with E-state index in [9.17, 15) is 18.0 Å². The van der Waals surface area contributed by atoms with Gasteiger partial charge in [0.25, 0.3) is 0 Å². The van der Waals surface area contributed by atoms with Gasteiger partial charge in [-0.3, -0.25) is 10.1 Å². The molecule has 0 aliphatic carbocycles. The number of nitrogens with one attached hydrogen (secondary N) is 1. The summed E-state index contributed by atoms with van der Waals surface area (Å²) in [7, 11) is 0. The topological polar surface area (TPSA) is 47.6 Å². The Kier molecular flexibility index (Phi) is 8.25. The Hall–Kier alpha value is -0.820. The standard InChI is InChI=1S/C14H26F3NO3/c1-6-20-12(19)13(5,18-10(2)3)9-11(4)21-8-7-14(15,16)17/h10-11,18H,6-9H2,1-5H3. The van der Waals surface area contributed by atoms with Gasteiger partial charge in [-0.1, -0.05) is 0 Å². The second kappa shape index (κ2) is 8.58. The maximum atomic E-state index is 12.1. The van der Waals surface area contributed by atoms with Crippen molar-refractivity contribution in [1.29, 1.82) is 0 Å². The smallest absolute Gasteiger partial charge is 0.391 e. The van der Waals surface area contributed by atoms with Crippen molar-refractivity contribution in [1.82, 2.24) is 5.32 Å². The van der Waals surface area contributed by atoms with Gasteiger partial charge in [-0.05, 0) is 34.6 Å². The highest BCUT2D eigenvalue weighted by molar-refractivity contribution is 5.80. The molecular weight excluding hydrogens is 287 g/mol. The highest BCUT2D eigenvalue weighted by atomic mass is 19.4. The van der Waals surface area contributed by atoms with E-state index in [1.165, 1.54) is 0 Å². The maximum Gasteiger partial charge on any atom is 0.391 e. The fraction of sp³-hybridized carbons (Fsp3) is 0.929. The first-order chi connectivity index (χ1) is 9.50. The van der Waals surface area contributed by atoms with Crippen LogP contribution in [0.15, 0.2) is 0 Å². The molecular formula is C14H26F3NO3. The molecule has 0 rings (SSSR count). The van der Waals surface area contributed by atoms with Gasteiger partial charge in [0.15, 0.2) is 0 Å². The molecule has 0 aromatic rings. The number of hydrogen-bond donors (Lipinski definition) is 1. The van der Waals surface area contributed by atoms with E-state index in [0.717, 1.165) is 0 Å². The Morgan fingerprint density at radius 3 is 2.24 bits per heavy atom. The number of rotatable bonds is 9. The number of esters is 1. The van der Waals surface area contributed by atoms with Crippen molar-refractivity contribution in [2.75, 3.05) is 13.2 Å². The molecule has 7 heteroatoms. The van der Waals surface area contributed by atoms with Crippen LogP contribution in [0.25, 0.3) is 0 Å². The second-order valence-electron chi connectivity index (χ2n) is 5.60. The van der Waals surface area contributed by atoms with Crippen LogP contribution in [-0.4, -0.2) is 43.0 Å². The number of alkyl halides is 3. The highest BCUT2D eigenvalue weighted by Gasteiger charge is 2.37. The van der Waals surface area contributed by atoms with Crippen LogP contribution in [0.3, 0.4) is 0 Å². The first-order valence-electron chi connectivity index (χ1n) is 7.13. The van der Waals surface area contributed by atoms with Crippen LogP contribution in [0.4, 0.5) is 13.2 Å². The lowest BCUT2D eigenvalue weighted by molar-refractivity contribution is -0.156. The highest BCUT2D eigenvalue weighted by Crippen LogP contribution is 2.21. The Labute approximate surface area is 124 Å². The maximum absolute atomic E-state index is 12.1. The predicted molar refractivity (Wildman–Crippen MR) is 74.0 cm³/mol. The molecule has 0 heterocycles. The molecule has 0 aliphatic heterocycles. The zero-order valence-electron chi connectivity index (χ0n) is 13.3. The zero-order valence-corrected chi connectivity index (χ0v) is 13.3. The lowest BCUT2D eigenvalue weighted by Gasteiger charge is -2.33. The monoisotopic (exact) mass is 313 g/mol. The summed E-state index contributed by atoms with van der Waals surface area (Å²) in [6.07, 6.45) is -5.49. The van der Waals surface area contributed by atoms with Crippen molar-refractivity contribution in [3.05, 3.63) is 0 Å². The van der Waals surface area contributed by atoms with E-state index < -0.39 is 36.8 Å². The molecule has 2 atom stereocenters. The molecule has 0 aromatic heterocycles. The Bertz CT molecular complexity index is 321. The third-order valence-electron chi connectivity index (χ3n) is 2.82. The van der Waals surface area contributed by atoms with E-state index in [1.807, 2.05) is 13.8 Å². The van der Waals surface area contributed by atoms with Crippen molar-refractivity contribution in [3.8, 4) is 0 Å². The van der Waals surface area contributed by atoms with Gasteiger partial charge in [0, 0.05) is 12.5 Å². The minimum Gasteiger partial charge on any atom is -0.465 e. The van der Waals surface area contributed by atoms with Crippen molar-refractivity contribution in [2.45, 2.75) is 71.3 Å². The first kappa shape index (κ1) is 20.2. The summed E-state index contributed by atoms with van der Waals surface area (Å²) in [4.78, 5) is 12.0. The average molecular weight is 313 g/mol. The van der Waals surface area contributed by atoms with Gasteiger partial charge < -0.3 is 9.47 Å². The molecule has 2 unspecified atom stereocenters. The Morgan fingerprint density at radius 1 is 1.24 bits per heavy atom. The van der Waals surface area contributed by atoms with Gasteiger partial charge in [0.2, 0.25) is 0 Å². The number of carbonyl (C=O) groups is 1. The van der Waals surface area contributed by atoms with Gasteiger partial charge in [0.1, 0.15) is 5.54 Å². The van der Waals surface area contributed by atoms with E-state index in [1.54, 1.807) is 20.8 Å². The fourth-order valence-electron chi connectivity index (χ4n) is 2.14. The number of hydrogen-bond acceptors (Lipinski definition) is 4. The van der Waals surface area contributed by atoms with E-state index in [-0.39, 0.29) is 19.1 Å². The summed E-state index contributed by atoms with van der Waals surface area (Å²) < 4.78 is 46.4. The van der Waals surface area contributed by atoms with Crippen LogP contribution >= 0.6 is 0 Å². The summed E-state index contributed by atoms with van der Waals surface area (Å²) in [6.45, 7) is 8.63. The SMILES string of the molecule is CCOC(=O)C(C)(CC(C)OCCC(F)(F)F)NC(C)C. The molecule has 0 bridgehead atoms. The van der Waals surface area contributed by atoms with Crippen molar-refractivity contribution >= 4 is 5.97 Å². The quantitative estimate of drug-likeness (QED) is 0.665. The molecule has 0 fully saturated rings. The summed E-state index contributed by atoms with van der Waals surface area (Å²) in [6, 6.07) is 0.0294. The normalized spacial score (nSPS) is 16.6. The zero-order chi connectivity index (χ0) is 16.7. The molecule has 0 saturated heterocycles. The summed E-state index contributed by atoms with van der Waals surface area (Å²) in [5.74, 6) is -0.426. The van der Waals surface area contributed by atoms with E-state index in [0.29, 0.717) is 0 Å². The first-order valence-corrected chi connectivity index (χ1v) is 7.13. The van der Waals surface area contributed by atoms with Gasteiger partial charge in [-0.25, -0.2) is 0 Å². The molecule has 0 saturated carbocycles. The molecule has 0 radical (unpaired) electrons. The Balaban J connectivity index is 4.55. The predicted octanol–water partition coefficient (Wildman–Crippen LogP) is 3.05. The van der Waals surface area contributed by atoms with Crippen molar-refractivity contribution in [2.24, 2.45) is 0 Å². The molecule has 21 heavy (non-hydrogen) atoms. The molecule has 0 amide bonds. The van der Waals surface area contributed by atoms with Crippen LogP contribution in [0.1, 0.15) is 47.5 Å². The average Bonchev–Trinajstić information content (AvgIpc) is 2.25. The minimum atomic E-state index is -4.24. The van der Waals surface area contributed by atoms with E-state index in [4.69, 9.17) is 9.47 Å². The molecule has 4 nitrogen and oxygen atoms in total. The van der Waals surface area contributed by atoms with Crippen molar-refractivity contribution < 1.29 is 27.4 Å². The fourth-order valence-corrected chi connectivity index (χ4v) is 2.14. The molecule has 0 spiro atoms. The summed E-state index contributed by atoms with van der Waals surface area (Å²) in [5.41, 5.74) is -0.984. The summed E-state index contributed by atoms with van der Waals surface area (Å²) in [5, 5.41) is 3.10. The lowest BCUT2D eigenvalue weighted by atomic mass is 9.93. The van der Waals surface area contributed by atoms with Crippen LogP contribution in [0.5, 0.6) is 0 Å². The lowest BCUT2D eigenvalue weighted by Crippen LogP contribution is -2.54. The number of carbonyl (C=O) groups excluding carboxylic acids is 1. The van der Waals surface area contributed by atoms with Crippen LogP contribution in [0.2, 0.25) is 0 Å². The van der Waals surface area contributed by atoms with Gasteiger partial charge in [-0.15, -0.1) is 0 Å². The minimum absolute atomic E-state index is 0.0294. The molecule has 1 N–H and O–H groups in total. The van der Waals surface area contributed by atoms with Crippen LogP contribution < -0.4 is 5.32 Å². The van der Waals surface area contributed by atoms with Gasteiger partial charge in [-0.2, -0.15) is 13.2 Å². The third kappa shape index (κ3) is 8.93. The van der Waals surface area contributed by atoms with Crippen LogP contribution in [0, 0.1) is 0 Å². The molecule has 0 aliphatic rings. The van der Waals surface area contributed by atoms with Crippen LogP contribution in [-0.2, 0) is 14.3 Å². The van der Waals surface area contributed by atoms with Gasteiger partial charge in [0.05, 0.1) is 25.7 Å². The van der Waals surface area contributed by atoms with E-state index in [2.05, 4.69) is 5.32 Å². The molecule has 0 aromatic carbocycles. The van der Waals surface area contributed by atoms with Crippen molar-refractivity contribution in [3.63, 3.8) is 0 Å². The van der Waals surface area contributed by atoms with E-state index >= 15 is 0 Å². The number of ether oxygens (including phenoxy) is 2. The Morgan fingerprint density at radius 2 is 1.81 bits per heavy atom. The third-order valence-corrected chi connectivity index (χ3v) is 2.82. The largest absolute Gasteiger partial charge is 0.465 e. The second-order valence-corrected chi connectivity index (χ2v) is 5.60. The molecule has 126 valence electrons. The van der Waals surface area contributed by atoms with Gasteiger partial charge >= 0.3 is 12.1 Å².